The minimum absolute atomic E-state index is 0.00725. The number of aliphatic hydroxyl groups is 9. The number of methoxy groups -OCH3 is 6. The molecule has 10 aromatic carbocycles. The lowest BCUT2D eigenvalue weighted by molar-refractivity contribution is -0.106. The van der Waals surface area contributed by atoms with Crippen LogP contribution in [-0.4, -0.2) is 107 Å². The summed E-state index contributed by atoms with van der Waals surface area (Å²) in [5.74, 6) is 4.61. The second kappa shape index (κ2) is 37.4. The molecule has 0 aromatic heterocycles. The Morgan fingerprint density at radius 2 is 0.695 bits per heavy atom. The molecule has 0 radical (unpaired) electrons. The average molecular weight is 1610 g/mol. The molecule has 0 fully saturated rings. The number of hydrogen-bond acceptors (Lipinski definition) is 18. The molecular weight excluding hydrogens is 1490 g/mol. The predicted molar refractivity (Wildman–Crippen MR) is 465 cm³/mol. The van der Waals surface area contributed by atoms with E-state index in [2.05, 4.69) is 84.9 Å². The van der Waals surface area contributed by atoms with Gasteiger partial charge in [0.1, 0.15) is 69.3 Å². The van der Waals surface area contributed by atoms with Crippen LogP contribution in [0.1, 0.15) is 192 Å². The van der Waals surface area contributed by atoms with Crippen LogP contribution in [0.2, 0.25) is 0 Å². The van der Waals surface area contributed by atoms with Crippen molar-refractivity contribution in [1.82, 2.24) is 0 Å². The van der Waals surface area contributed by atoms with E-state index in [4.69, 9.17) is 42.7 Å². The van der Waals surface area contributed by atoms with Crippen molar-refractivity contribution in [2.75, 3.05) is 42.7 Å². The number of aldehydes is 2. The number of ether oxygens (including phenoxy) is 7. The van der Waals surface area contributed by atoms with Gasteiger partial charge in [-0.05, 0) is 267 Å². The molecule has 5 aliphatic rings. The molecule has 0 amide bonds. The number of rotatable bonds is 17. The zero-order valence-corrected chi connectivity index (χ0v) is 72.7. The largest absolute Gasteiger partial charge is 0.497 e. The molecule has 628 valence electrons. The van der Waals surface area contributed by atoms with Crippen molar-refractivity contribution in [2.24, 2.45) is 29.6 Å². The normalized spacial score (nSPS) is 17.5. The highest BCUT2D eigenvalue weighted by atomic mass is 16.5. The van der Waals surface area contributed by atoms with E-state index < -0.39 is 28.0 Å². The van der Waals surface area contributed by atoms with E-state index in [1.54, 1.807) is 60.9 Å². The second-order valence-corrected chi connectivity index (χ2v) is 32.3. The first-order valence-corrected chi connectivity index (χ1v) is 40.2. The maximum Gasteiger partial charge on any atom is 0.161 e. The standard InChI is InChI=1S/C22H28O2.2C20H24O5.C18H20O3.C16H16O.2C2H4O/c1-12(2)22(23)19-10-15(6)14(5)8-17(19)18-9-16(7)21(11-20(18)22)24-13(3)4;1-11(2)20(23)16-6-13(10-22)12(9-21)5-14(16)15-7-18(24-3)19(25-4)8-17(15)20;1-11(2)20(22)15-7-6-12(10-21)19(25-5)17(15)14-8-13(23-3)9-16(24-4)18(14)20;1-11(2)18(20)16-6-4-12(10-19)8-14(16)15-9-13(21-3)5-7-17(15)18;1-11(2)16(17)14-9-5-3-7-12(14)13-8-4-6-10-15(13)16;2*1-2-3/h8-13,23H,1-7H3;5-8,11,21-23H,9-10H2,1-4H3;6-9,11,21-22H,10H2,1-5H3;4-9,11,19-20H,10H2,1-3H3;3-11,17H,1-2H3;2*2H,1H3. The smallest absolute Gasteiger partial charge is 0.161 e. The minimum Gasteiger partial charge on any atom is -0.497 e. The molecule has 0 bridgehead atoms. The van der Waals surface area contributed by atoms with Crippen molar-refractivity contribution in [2.45, 2.75) is 178 Å². The van der Waals surface area contributed by atoms with Crippen LogP contribution in [0, 0.1) is 50.4 Å². The molecule has 9 N–H and O–H groups in total. The van der Waals surface area contributed by atoms with Crippen LogP contribution < -0.4 is 33.2 Å². The first-order valence-electron chi connectivity index (χ1n) is 40.2. The van der Waals surface area contributed by atoms with E-state index in [-0.39, 0.29) is 62.1 Å². The van der Waals surface area contributed by atoms with E-state index in [9.17, 15) is 46.0 Å². The minimum atomic E-state index is -1.22. The van der Waals surface area contributed by atoms with Gasteiger partial charge in [-0.3, -0.25) is 0 Å². The summed E-state index contributed by atoms with van der Waals surface area (Å²) in [4.78, 5) is 17.6. The Hall–Kier alpha value is -10.2. The Balaban J connectivity index is 0.000000166. The molecule has 5 aliphatic carbocycles. The van der Waals surface area contributed by atoms with Crippen LogP contribution in [0.3, 0.4) is 0 Å². The fraction of sp³-hybridized carbons (Fsp3) is 0.380. The molecule has 0 aliphatic heterocycles. The number of benzene rings is 10. The highest BCUT2D eigenvalue weighted by Gasteiger charge is 2.51. The van der Waals surface area contributed by atoms with Crippen LogP contribution in [0.5, 0.6) is 40.2 Å². The maximum absolute atomic E-state index is 11.7. The molecule has 118 heavy (non-hydrogen) atoms. The number of fused-ring (bicyclic) bond motifs is 15. The van der Waals surface area contributed by atoms with E-state index in [0.717, 1.165) is 130 Å². The molecule has 0 saturated heterocycles. The van der Waals surface area contributed by atoms with Crippen LogP contribution in [0.4, 0.5) is 0 Å². The molecular formula is C100H120O18. The summed E-state index contributed by atoms with van der Waals surface area (Å²) < 4.78 is 38.7. The van der Waals surface area contributed by atoms with Gasteiger partial charge in [0.15, 0.2) is 11.5 Å². The van der Waals surface area contributed by atoms with Crippen molar-refractivity contribution in [3.05, 3.63) is 252 Å². The van der Waals surface area contributed by atoms with Gasteiger partial charge in [0.2, 0.25) is 0 Å². The van der Waals surface area contributed by atoms with Crippen LogP contribution in [0.25, 0.3) is 55.6 Å². The van der Waals surface area contributed by atoms with E-state index in [1.165, 1.54) is 36.1 Å². The predicted octanol–water partition coefficient (Wildman–Crippen LogP) is 17.9. The van der Waals surface area contributed by atoms with E-state index >= 15 is 0 Å². The number of aryl methyl sites for hydroxylation is 3. The Bertz CT molecular complexity index is 5110. The lowest BCUT2D eigenvalue weighted by atomic mass is 9.80. The molecule has 0 spiro atoms. The van der Waals surface area contributed by atoms with Gasteiger partial charge in [0, 0.05) is 28.3 Å². The van der Waals surface area contributed by atoms with Crippen molar-refractivity contribution in [1.29, 1.82) is 0 Å². The SMILES string of the molecule is CC(C)C1(O)c2ccccc2-c2ccccc21.CC=O.CC=O.COc1cc(OC)c2c(c1)-c1c(ccc(CO)c1OC)C2(O)C(C)C.COc1cc2c(cc1OC)C(O)(C(C)C)c1cc(CO)c(CO)cc1-2.COc1ccc2c(c1)-c1cc(CO)ccc1C2(O)C(C)C.Cc1cc2c(cc1C)C(O)(C(C)C)c1cc(OC(C)C)c(C)cc1-2. The molecule has 18 nitrogen and oxygen atoms in total. The summed E-state index contributed by atoms with van der Waals surface area (Å²) in [5.41, 5.74) is 19.8. The monoisotopic (exact) mass is 1610 g/mol. The van der Waals surface area contributed by atoms with Crippen molar-refractivity contribution in [3.63, 3.8) is 0 Å². The quantitative estimate of drug-likeness (QED) is 0.0383. The lowest BCUT2D eigenvalue weighted by Gasteiger charge is -2.31. The van der Waals surface area contributed by atoms with Gasteiger partial charge in [-0.25, -0.2) is 0 Å². The van der Waals surface area contributed by atoms with E-state index in [1.807, 2.05) is 159 Å². The fourth-order valence-electron chi connectivity index (χ4n) is 17.3. The number of carbonyl (C=O) groups is 2. The Morgan fingerprint density at radius 1 is 0.314 bits per heavy atom. The second-order valence-electron chi connectivity index (χ2n) is 32.3. The highest BCUT2D eigenvalue weighted by molar-refractivity contribution is 5.90. The lowest BCUT2D eigenvalue weighted by Crippen LogP contribution is -2.31. The number of hydrogen-bond donors (Lipinski definition) is 9. The molecule has 18 heteroatoms. The maximum atomic E-state index is 11.7. The Kier molecular flexibility index (Phi) is 29.0. The van der Waals surface area contributed by atoms with Crippen LogP contribution >= 0.6 is 0 Å². The van der Waals surface area contributed by atoms with Crippen molar-refractivity contribution in [3.8, 4) is 95.9 Å². The summed E-state index contributed by atoms with van der Waals surface area (Å²) in [5, 5.41) is 95.7. The van der Waals surface area contributed by atoms with Crippen LogP contribution in [0.15, 0.2) is 158 Å². The molecule has 10 aromatic rings. The molecule has 4 atom stereocenters. The summed E-state index contributed by atoms with van der Waals surface area (Å²) in [6.45, 7) is 32.9. The highest BCUT2D eigenvalue weighted by Crippen LogP contribution is 2.61. The summed E-state index contributed by atoms with van der Waals surface area (Å²) >= 11 is 0. The van der Waals surface area contributed by atoms with Gasteiger partial charge in [0.25, 0.3) is 0 Å². The number of carbonyl (C=O) groups excluding carboxylic acids is 2. The van der Waals surface area contributed by atoms with Gasteiger partial charge in [-0.15, -0.1) is 0 Å². The van der Waals surface area contributed by atoms with Gasteiger partial charge in [0.05, 0.1) is 75.2 Å². The molecule has 4 unspecified atom stereocenters. The molecule has 0 heterocycles. The van der Waals surface area contributed by atoms with Crippen molar-refractivity contribution >= 4 is 12.6 Å². The Labute approximate surface area is 696 Å². The number of aliphatic hydroxyl groups excluding tert-OH is 4. The summed E-state index contributed by atoms with van der Waals surface area (Å²) in [6.07, 6.45) is 1.61. The van der Waals surface area contributed by atoms with Gasteiger partial charge < -0.3 is 88.7 Å². The average Bonchev–Trinajstić information content (AvgIpc) is 1.56. The third kappa shape index (κ3) is 16.1. The van der Waals surface area contributed by atoms with Crippen molar-refractivity contribution < 1.29 is 88.7 Å². The third-order valence-electron chi connectivity index (χ3n) is 23.7. The van der Waals surface area contributed by atoms with Gasteiger partial charge in [-0.1, -0.05) is 160 Å². The Morgan fingerprint density at radius 3 is 1.16 bits per heavy atom. The first-order chi connectivity index (χ1) is 56.0. The topological polar surface area (TPSA) is 281 Å². The van der Waals surface area contributed by atoms with Crippen LogP contribution in [-0.2, 0) is 64.0 Å². The van der Waals surface area contributed by atoms with Gasteiger partial charge in [-0.2, -0.15) is 0 Å². The summed E-state index contributed by atoms with van der Waals surface area (Å²) in [6, 6.07) is 51.0. The zero-order chi connectivity index (χ0) is 87.2. The third-order valence-corrected chi connectivity index (χ3v) is 23.7. The van der Waals surface area contributed by atoms with Gasteiger partial charge >= 0.3 is 0 Å². The summed E-state index contributed by atoms with van der Waals surface area (Å²) in [7, 11) is 9.51. The zero-order valence-electron chi connectivity index (χ0n) is 72.7. The fourth-order valence-corrected chi connectivity index (χ4v) is 17.3. The molecule has 0 saturated carbocycles. The molecule has 15 rings (SSSR count). The first kappa shape index (κ1) is 91.7. The van der Waals surface area contributed by atoms with E-state index in [0.29, 0.717) is 51.0 Å².